The number of ketones is 1. The molecule has 0 N–H and O–H groups in total. The molecule has 14 heavy (non-hydrogen) atoms. The lowest BCUT2D eigenvalue weighted by Gasteiger charge is -2.06. The van der Waals surface area contributed by atoms with Gasteiger partial charge in [0.05, 0.1) is 0 Å². The minimum atomic E-state index is 0.290. The molecule has 2 heteroatoms. The summed E-state index contributed by atoms with van der Waals surface area (Å²) in [6.45, 7) is 4.22. The first kappa shape index (κ1) is 10.9. The van der Waals surface area contributed by atoms with Crippen LogP contribution in [0.4, 0.5) is 0 Å². The summed E-state index contributed by atoms with van der Waals surface area (Å²) in [5, 5.41) is 0. The van der Waals surface area contributed by atoms with Crippen molar-refractivity contribution >= 4 is 5.78 Å². The highest BCUT2D eigenvalue weighted by atomic mass is 16.1. The number of pyridine rings is 1. The van der Waals surface area contributed by atoms with Crippen molar-refractivity contribution in [2.75, 3.05) is 0 Å². The summed E-state index contributed by atoms with van der Waals surface area (Å²) in [6.07, 6.45) is 3.94. The van der Waals surface area contributed by atoms with Crippen molar-refractivity contribution in [2.24, 2.45) is 5.92 Å². The monoisotopic (exact) mass is 191 g/mol. The number of aromatic nitrogens is 1. The molecule has 1 aromatic rings. The first-order valence-corrected chi connectivity index (χ1v) is 5.14. The van der Waals surface area contributed by atoms with Crippen molar-refractivity contribution < 1.29 is 4.79 Å². The second kappa shape index (κ2) is 5.53. The zero-order valence-corrected chi connectivity index (χ0v) is 8.86. The second-order valence-corrected chi connectivity index (χ2v) is 3.75. The van der Waals surface area contributed by atoms with Gasteiger partial charge in [-0.1, -0.05) is 26.3 Å². The molecule has 0 radical (unpaired) electrons. The molecule has 1 unspecified atom stereocenters. The fourth-order valence-corrected chi connectivity index (χ4v) is 1.31. The molecule has 1 atom stereocenters. The molecule has 0 spiro atoms. The van der Waals surface area contributed by atoms with Crippen LogP contribution in [-0.2, 0) is 11.2 Å². The van der Waals surface area contributed by atoms with Gasteiger partial charge in [0, 0.05) is 24.7 Å². The molecule has 0 saturated heterocycles. The summed E-state index contributed by atoms with van der Waals surface area (Å²) in [6, 6.07) is 5.68. The molecule has 0 bridgehead atoms. The highest BCUT2D eigenvalue weighted by molar-refractivity contribution is 5.80. The van der Waals surface area contributed by atoms with Crippen LogP contribution in [-0.4, -0.2) is 10.8 Å². The molecule has 2 nitrogen and oxygen atoms in total. The minimum absolute atomic E-state index is 0.290. The fraction of sp³-hybridized carbons (Fsp3) is 0.500. The van der Waals surface area contributed by atoms with Crippen LogP contribution >= 0.6 is 0 Å². The molecule has 1 aromatic heterocycles. The van der Waals surface area contributed by atoms with Crippen molar-refractivity contribution in [3.05, 3.63) is 30.1 Å². The number of carbonyl (C=O) groups excluding carboxylic acids is 1. The largest absolute Gasteiger partial charge is 0.299 e. The Kier molecular flexibility index (Phi) is 4.30. The molecular formula is C12H17NO. The fourth-order valence-electron chi connectivity index (χ4n) is 1.31. The first-order chi connectivity index (χ1) is 6.72. The van der Waals surface area contributed by atoms with E-state index in [9.17, 15) is 4.79 Å². The lowest BCUT2D eigenvalue weighted by Crippen LogP contribution is -2.08. The van der Waals surface area contributed by atoms with E-state index in [1.807, 2.05) is 18.2 Å². The third-order valence-corrected chi connectivity index (χ3v) is 2.38. The summed E-state index contributed by atoms with van der Waals surface area (Å²) in [5.41, 5.74) is 0.876. The van der Waals surface area contributed by atoms with Crippen LogP contribution in [0.3, 0.4) is 0 Å². The summed E-state index contributed by atoms with van der Waals surface area (Å²) < 4.78 is 0. The van der Waals surface area contributed by atoms with Crippen molar-refractivity contribution in [3.63, 3.8) is 0 Å². The average molecular weight is 191 g/mol. The summed E-state index contributed by atoms with van der Waals surface area (Å²) >= 11 is 0. The van der Waals surface area contributed by atoms with Gasteiger partial charge < -0.3 is 0 Å². The number of carbonyl (C=O) groups is 1. The molecule has 0 amide bonds. The zero-order valence-electron chi connectivity index (χ0n) is 8.86. The first-order valence-electron chi connectivity index (χ1n) is 5.14. The minimum Gasteiger partial charge on any atom is -0.299 e. The van der Waals surface area contributed by atoms with E-state index in [2.05, 4.69) is 18.8 Å². The lowest BCUT2D eigenvalue weighted by atomic mass is 10.00. The van der Waals surface area contributed by atoms with Crippen LogP contribution < -0.4 is 0 Å². The number of rotatable bonds is 5. The van der Waals surface area contributed by atoms with E-state index < -0.39 is 0 Å². The number of nitrogens with zero attached hydrogens (tertiary/aromatic N) is 1. The van der Waals surface area contributed by atoms with Crippen LogP contribution in [0.25, 0.3) is 0 Å². The molecule has 0 aromatic carbocycles. The van der Waals surface area contributed by atoms with Gasteiger partial charge >= 0.3 is 0 Å². The van der Waals surface area contributed by atoms with E-state index in [0.29, 0.717) is 18.8 Å². The van der Waals surface area contributed by atoms with E-state index in [0.717, 1.165) is 12.1 Å². The van der Waals surface area contributed by atoms with E-state index in [-0.39, 0.29) is 5.78 Å². The van der Waals surface area contributed by atoms with Crippen LogP contribution in [0.15, 0.2) is 24.4 Å². The summed E-state index contributed by atoms with van der Waals surface area (Å²) in [4.78, 5) is 15.7. The second-order valence-electron chi connectivity index (χ2n) is 3.75. The SMILES string of the molecule is CCC(C)CC(=O)Cc1ccccn1. The Bertz CT molecular complexity index is 282. The molecule has 1 heterocycles. The maximum atomic E-state index is 11.5. The van der Waals surface area contributed by atoms with Gasteiger partial charge in [0.25, 0.3) is 0 Å². The highest BCUT2D eigenvalue weighted by Crippen LogP contribution is 2.08. The Labute approximate surface area is 85.4 Å². The van der Waals surface area contributed by atoms with Gasteiger partial charge in [-0.15, -0.1) is 0 Å². The average Bonchev–Trinajstić information content (AvgIpc) is 2.19. The van der Waals surface area contributed by atoms with Crippen LogP contribution in [0.5, 0.6) is 0 Å². The van der Waals surface area contributed by atoms with Gasteiger partial charge in [0.15, 0.2) is 0 Å². The Balaban J connectivity index is 2.42. The van der Waals surface area contributed by atoms with Gasteiger partial charge in [-0.25, -0.2) is 0 Å². The molecule has 76 valence electrons. The lowest BCUT2D eigenvalue weighted by molar-refractivity contribution is -0.119. The summed E-state index contributed by atoms with van der Waals surface area (Å²) in [5.74, 6) is 0.782. The smallest absolute Gasteiger partial charge is 0.139 e. The van der Waals surface area contributed by atoms with Gasteiger partial charge in [-0.2, -0.15) is 0 Å². The van der Waals surface area contributed by atoms with E-state index in [1.54, 1.807) is 6.20 Å². The quantitative estimate of drug-likeness (QED) is 0.716. The molecule has 0 fully saturated rings. The number of hydrogen-bond donors (Lipinski definition) is 0. The maximum absolute atomic E-state index is 11.5. The zero-order chi connectivity index (χ0) is 10.4. The van der Waals surface area contributed by atoms with Crippen LogP contribution in [0.1, 0.15) is 32.4 Å². The van der Waals surface area contributed by atoms with Crippen molar-refractivity contribution in [1.29, 1.82) is 0 Å². The predicted octanol–water partition coefficient (Wildman–Crippen LogP) is 2.63. The highest BCUT2D eigenvalue weighted by Gasteiger charge is 2.08. The molecule has 0 saturated carbocycles. The third-order valence-electron chi connectivity index (χ3n) is 2.38. The van der Waals surface area contributed by atoms with Crippen molar-refractivity contribution in [2.45, 2.75) is 33.1 Å². The Hall–Kier alpha value is -1.18. The molecule has 1 rings (SSSR count). The van der Waals surface area contributed by atoms with Gasteiger partial charge in [-0.3, -0.25) is 9.78 Å². The number of Topliss-reactive ketones (excluding diaryl/α,β-unsaturated/α-hetero) is 1. The van der Waals surface area contributed by atoms with E-state index in [4.69, 9.17) is 0 Å². The third kappa shape index (κ3) is 3.69. The summed E-state index contributed by atoms with van der Waals surface area (Å²) in [7, 11) is 0. The Morgan fingerprint density at radius 1 is 1.50 bits per heavy atom. The predicted molar refractivity (Wildman–Crippen MR) is 57.0 cm³/mol. The van der Waals surface area contributed by atoms with Crippen LogP contribution in [0, 0.1) is 5.92 Å². The van der Waals surface area contributed by atoms with E-state index in [1.165, 1.54) is 0 Å². The van der Waals surface area contributed by atoms with Crippen LogP contribution in [0.2, 0.25) is 0 Å². The van der Waals surface area contributed by atoms with Gasteiger partial charge in [0.1, 0.15) is 5.78 Å². The van der Waals surface area contributed by atoms with Crippen molar-refractivity contribution in [1.82, 2.24) is 4.98 Å². The topological polar surface area (TPSA) is 30.0 Å². The molecule has 0 aliphatic rings. The normalized spacial score (nSPS) is 12.4. The molecule has 0 aliphatic carbocycles. The van der Waals surface area contributed by atoms with Gasteiger partial charge in [0.2, 0.25) is 0 Å². The standard InChI is InChI=1S/C12H17NO/c1-3-10(2)8-12(14)9-11-6-4-5-7-13-11/h4-7,10H,3,8-9H2,1-2H3. The van der Waals surface area contributed by atoms with Gasteiger partial charge in [-0.05, 0) is 18.1 Å². The maximum Gasteiger partial charge on any atom is 0.139 e. The molecule has 0 aliphatic heterocycles. The number of hydrogen-bond acceptors (Lipinski definition) is 2. The van der Waals surface area contributed by atoms with Crippen molar-refractivity contribution in [3.8, 4) is 0 Å². The molecular weight excluding hydrogens is 174 g/mol. The van der Waals surface area contributed by atoms with E-state index >= 15 is 0 Å². The Morgan fingerprint density at radius 2 is 2.29 bits per heavy atom. The Morgan fingerprint density at radius 3 is 2.86 bits per heavy atom.